The van der Waals surface area contributed by atoms with Crippen LogP contribution in [-0.4, -0.2) is 162 Å². The van der Waals surface area contributed by atoms with Gasteiger partial charge in [-0.3, -0.25) is 20.7 Å². The average molecular weight is 1360 g/mol. The van der Waals surface area contributed by atoms with Gasteiger partial charge in [0.05, 0.1) is 87.3 Å². The molecule has 0 bridgehead atoms. The molecule has 4 saturated heterocycles. The van der Waals surface area contributed by atoms with Crippen LogP contribution in [0.15, 0.2) is 82.8 Å². The Morgan fingerprint density at radius 1 is 0.554 bits per heavy atom. The average Bonchev–Trinajstić information content (AvgIpc) is 1.31. The van der Waals surface area contributed by atoms with Gasteiger partial charge in [0.1, 0.15) is 11.9 Å². The molecule has 6 heterocycles. The highest BCUT2D eigenvalue weighted by Gasteiger charge is 2.34. The third kappa shape index (κ3) is 20.0. The maximum Gasteiger partial charge on any atom is 0.417 e. The van der Waals surface area contributed by atoms with Crippen molar-refractivity contribution in [2.24, 2.45) is 0 Å². The number of hydrogen-bond donors (Lipinski definition) is 7. The largest absolute Gasteiger partial charge is 0.441 e. The number of ether oxygens (including phenoxy) is 8. The number of carbonyl (C=O) groups excluding carboxylic acids is 4. The Balaban J connectivity index is 0.000000203. The summed E-state index contributed by atoms with van der Waals surface area (Å²) in [4.78, 5) is 70.0. The van der Waals surface area contributed by atoms with Crippen LogP contribution < -0.4 is 35.4 Å². The minimum Gasteiger partial charge on any atom is -0.441 e. The van der Waals surface area contributed by atoms with Gasteiger partial charge in [0.15, 0.2) is 18.3 Å². The topological polar surface area (TPSA) is 372 Å². The van der Waals surface area contributed by atoms with Crippen molar-refractivity contribution in [3.8, 4) is 26.6 Å². The number of aromatic nitrogens is 2. The molecular formula is C60H77N9O19S4. The SMILES string of the molecule is CC(C)(C)NS(=O)(=O)c1cc(NC(=O)OC2COC2)ccc1-c1cnc(C2CCC(NC(=O)OC3COC3)CC2)s1.CC(C)(C)NS(=O)(=O)c1cc(NC(=O)Oc2ccc([N+](=O)[O-])cc2)ccc1-c1cnc(C2CCC(NC(=O)OC3COC3)CC2)s1.OC1COC1. The number of nitrogens with one attached hydrogen (secondary N) is 6. The van der Waals surface area contributed by atoms with Crippen LogP contribution in [0.3, 0.4) is 0 Å². The summed E-state index contributed by atoms with van der Waals surface area (Å²) >= 11 is 2.87. The van der Waals surface area contributed by atoms with Crippen molar-refractivity contribution in [2.75, 3.05) is 63.5 Å². The molecular weight excluding hydrogens is 1280 g/mol. The number of aliphatic hydroxyl groups excluding tert-OH is 1. The number of nitrogens with zero attached hydrogens (tertiary/aromatic N) is 3. The number of nitro benzene ring substituents is 1. The van der Waals surface area contributed by atoms with Crippen LogP contribution in [0, 0.1) is 10.1 Å². The Bertz CT molecular complexity index is 3620. The minimum absolute atomic E-state index is 0.0107. The number of nitro groups is 1. The molecule has 0 atom stereocenters. The number of hydrogen-bond acceptors (Lipinski definition) is 23. The molecule has 2 aliphatic carbocycles. The van der Waals surface area contributed by atoms with Crippen LogP contribution in [0.25, 0.3) is 20.9 Å². The fraction of sp³-hybridized carbons (Fsp3) is 0.533. The zero-order chi connectivity index (χ0) is 66.0. The smallest absolute Gasteiger partial charge is 0.417 e. The molecule has 7 N–H and O–H groups in total. The number of carbonyl (C=O) groups is 4. The number of non-ortho nitro benzene ring substituents is 1. The number of thiazole rings is 2. The summed E-state index contributed by atoms with van der Waals surface area (Å²) in [5.41, 5.74) is -0.263. The number of benzene rings is 3. The van der Waals surface area contributed by atoms with Crippen LogP contribution in [-0.2, 0) is 53.2 Å². The number of amides is 4. The van der Waals surface area contributed by atoms with E-state index in [0.29, 0.717) is 79.4 Å². The van der Waals surface area contributed by atoms with Crippen molar-refractivity contribution < 1.29 is 83.9 Å². The lowest BCUT2D eigenvalue weighted by molar-refractivity contribution is -0.384. The number of aliphatic hydroxyl groups is 1. The van der Waals surface area contributed by atoms with Crippen molar-refractivity contribution in [1.82, 2.24) is 30.0 Å². The molecule has 6 aliphatic rings. The number of rotatable bonds is 17. The molecule has 0 spiro atoms. The van der Waals surface area contributed by atoms with Gasteiger partial charge in [0.2, 0.25) is 20.0 Å². The molecule has 2 saturated carbocycles. The van der Waals surface area contributed by atoms with Gasteiger partial charge in [-0.05, 0) is 129 Å². The van der Waals surface area contributed by atoms with E-state index in [4.69, 9.17) is 38.3 Å². The molecule has 5 aromatic rings. The van der Waals surface area contributed by atoms with E-state index in [1.54, 1.807) is 78.2 Å². The molecule has 92 heavy (non-hydrogen) atoms. The predicted molar refractivity (Wildman–Crippen MR) is 338 cm³/mol. The first-order valence-electron chi connectivity index (χ1n) is 30.0. The van der Waals surface area contributed by atoms with Crippen molar-refractivity contribution >= 4 is 84.2 Å². The van der Waals surface area contributed by atoms with Gasteiger partial charge in [-0.15, -0.1) is 22.7 Å². The summed E-state index contributed by atoms with van der Waals surface area (Å²) in [5.74, 6) is 0.449. The van der Waals surface area contributed by atoms with E-state index in [1.807, 2.05) is 0 Å². The Morgan fingerprint density at radius 2 is 0.924 bits per heavy atom. The van der Waals surface area contributed by atoms with Gasteiger partial charge in [0.25, 0.3) is 5.69 Å². The van der Waals surface area contributed by atoms with E-state index in [1.165, 1.54) is 59.1 Å². The van der Waals surface area contributed by atoms with Gasteiger partial charge >= 0.3 is 24.4 Å². The van der Waals surface area contributed by atoms with Gasteiger partial charge in [-0.1, -0.05) is 12.1 Å². The van der Waals surface area contributed by atoms with Crippen LogP contribution in [0.5, 0.6) is 5.75 Å². The quantitative estimate of drug-likeness (QED) is 0.0259. The van der Waals surface area contributed by atoms with Gasteiger partial charge in [0, 0.05) is 82.0 Å². The second-order valence-corrected chi connectivity index (χ2v) is 30.3. The second-order valence-electron chi connectivity index (χ2n) is 24.9. The van der Waals surface area contributed by atoms with Crippen LogP contribution in [0.4, 0.5) is 36.2 Å². The number of alkyl carbamates (subject to hydrolysis) is 2. The van der Waals surface area contributed by atoms with Crippen molar-refractivity contribution in [1.29, 1.82) is 0 Å². The van der Waals surface area contributed by atoms with E-state index in [2.05, 4.69) is 45.4 Å². The summed E-state index contributed by atoms with van der Waals surface area (Å²) in [5, 5.41) is 32.0. The highest BCUT2D eigenvalue weighted by molar-refractivity contribution is 7.90. The first-order chi connectivity index (χ1) is 43.6. The maximum atomic E-state index is 13.6. The fourth-order valence-corrected chi connectivity index (χ4v) is 15.8. The highest BCUT2D eigenvalue weighted by atomic mass is 32.2. The second kappa shape index (κ2) is 30.4. The van der Waals surface area contributed by atoms with E-state index in [9.17, 15) is 46.1 Å². The summed E-state index contributed by atoms with van der Waals surface area (Å²) < 4.78 is 100. The molecule has 4 amide bonds. The molecule has 28 nitrogen and oxygen atoms in total. The lowest BCUT2D eigenvalue weighted by Crippen LogP contribution is -2.44. The predicted octanol–water partition coefficient (Wildman–Crippen LogP) is 8.92. The van der Waals surface area contributed by atoms with Crippen molar-refractivity contribution in [3.05, 3.63) is 93.2 Å². The lowest BCUT2D eigenvalue weighted by atomic mass is 9.86. The Kier molecular flexibility index (Phi) is 22.9. The molecule has 32 heteroatoms. The van der Waals surface area contributed by atoms with Crippen LogP contribution >= 0.6 is 22.7 Å². The van der Waals surface area contributed by atoms with E-state index in [-0.39, 0.29) is 75.3 Å². The molecule has 3 aromatic carbocycles. The lowest BCUT2D eigenvalue weighted by Gasteiger charge is -2.30. The van der Waals surface area contributed by atoms with Crippen molar-refractivity contribution in [3.63, 3.8) is 0 Å². The summed E-state index contributed by atoms with van der Waals surface area (Å²) in [7, 11) is -8.01. The van der Waals surface area contributed by atoms with Gasteiger partial charge in [-0.25, -0.2) is 55.4 Å². The summed E-state index contributed by atoms with van der Waals surface area (Å²) in [6.45, 7) is 14.0. The summed E-state index contributed by atoms with van der Waals surface area (Å²) in [6, 6.07) is 14.3. The molecule has 11 rings (SSSR count). The first kappa shape index (κ1) is 69.4. The summed E-state index contributed by atoms with van der Waals surface area (Å²) in [6.07, 6.45) is 6.58. The molecule has 0 unspecified atom stereocenters. The zero-order valence-electron chi connectivity index (χ0n) is 51.6. The fourth-order valence-electron chi connectivity index (χ4n) is 10.1. The van der Waals surface area contributed by atoms with E-state index < -0.39 is 60.4 Å². The third-order valence-electron chi connectivity index (χ3n) is 14.8. The zero-order valence-corrected chi connectivity index (χ0v) is 54.9. The van der Waals surface area contributed by atoms with Crippen LogP contribution in [0.1, 0.15) is 115 Å². The molecule has 500 valence electrons. The number of sulfonamides is 2. The Morgan fingerprint density at radius 3 is 1.26 bits per heavy atom. The van der Waals surface area contributed by atoms with Gasteiger partial charge in [-0.2, -0.15) is 0 Å². The monoisotopic (exact) mass is 1360 g/mol. The van der Waals surface area contributed by atoms with Gasteiger partial charge < -0.3 is 53.6 Å². The molecule has 4 aliphatic heterocycles. The standard InChI is InChI=1S/C30H35N5O9S2.C27H36N4O8S2.C3H6O2/c1-30(2,3)34-46(40,41)26-14-20(33-29(37)43-22-11-9-21(10-12-22)35(38)39)8-13-24(26)25-15-31-27(45-25)18-4-6-19(7-5-18)32-28(36)44-23-16-42-17-23;1-27(2,3)31-41(34,35)23-10-18(30-26(33)39-20-14-37-15-20)8-9-21(23)22-11-28-24(40-22)16-4-6-17(7-5-16)29-25(32)38-19-12-36-13-19;4-3-1-5-2-3/h8-15,18-19,23,34H,4-7,16-17H2,1-3H3,(H,32,36)(H,33,37);8-11,16-17,19-20,31H,4-7,12-15H2,1-3H3,(H,29,32)(H,30,33);3-4H,1-2H2. The molecule has 6 fully saturated rings. The highest BCUT2D eigenvalue weighted by Crippen LogP contribution is 2.42. The maximum absolute atomic E-state index is 13.6. The van der Waals surface area contributed by atoms with Crippen molar-refractivity contribution in [2.45, 2.75) is 162 Å². The first-order valence-corrected chi connectivity index (χ1v) is 34.6. The van der Waals surface area contributed by atoms with E-state index >= 15 is 0 Å². The van der Waals surface area contributed by atoms with E-state index in [0.717, 1.165) is 61.4 Å². The molecule has 2 aromatic heterocycles. The normalized spacial score (nSPS) is 20.5. The van der Waals surface area contributed by atoms with Crippen LogP contribution in [0.2, 0.25) is 0 Å². The Labute approximate surface area is 540 Å². The Hall–Kier alpha value is -6.98. The number of anilines is 2. The third-order valence-corrected chi connectivity index (χ3v) is 20.8. The minimum atomic E-state index is -4.05. The molecule has 0 radical (unpaired) electrons.